The summed E-state index contributed by atoms with van der Waals surface area (Å²) in [4.78, 5) is 39.2. The number of piperidine rings is 1. The number of carbonyl (C=O) groups is 3. The molecule has 0 atom stereocenters. The van der Waals surface area contributed by atoms with Crippen molar-refractivity contribution in [1.29, 1.82) is 0 Å². The van der Waals surface area contributed by atoms with Gasteiger partial charge in [-0.1, -0.05) is 18.2 Å². The second kappa shape index (κ2) is 14.5. The Hall–Kier alpha value is -3.16. The highest BCUT2D eigenvalue weighted by atomic mass is 19.4. The summed E-state index contributed by atoms with van der Waals surface area (Å²) in [6, 6.07) is 6.19. The summed E-state index contributed by atoms with van der Waals surface area (Å²) in [7, 11) is 0. The molecule has 4 rings (SSSR count). The highest BCUT2D eigenvalue weighted by Gasteiger charge is 2.40. The van der Waals surface area contributed by atoms with Gasteiger partial charge in [0.25, 0.3) is 0 Å². The van der Waals surface area contributed by atoms with Crippen LogP contribution in [0.2, 0.25) is 0 Å². The highest BCUT2D eigenvalue weighted by Crippen LogP contribution is 2.47. The fourth-order valence-electron chi connectivity index (χ4n) is 4.96. The van der Waals surface area contributed by atoms with Crippen molar-refractivity contribution in [3.05, 3.63) is 42.2 Å². The van der Waals surface area contributed by atoms with Gasteiger partial charge >= 0.3 is 24.3 Å². The number of alkyl halides is 6. The Bertz CT molecular complexity index is 966. The Morgan fingerprint density at radius 3 is 1.80 bits per heavy atom. The molecule has 0 aromatic carbocycles. The standard InChI is InChI=1S/C22H31N3O.2C2HF3O2/c26-21(25-13-3-4-14-25)17-19-6-8-22(9-7-19)10-15-24(16-11-22)18-20-5-1-2-12-23-20;2*3-2(4,5)1(6)7/h1-5,12,19H,6-11,13-18H2;2*(H,6,7). The Morgan fingerprint density at radius 2 is 1.38 bits per heavy atom. The largest absolute Gasteiger partial charge is 0.490 e. The molecule has 0 unspecified atom stereocenters. The Labute approximate surface area is 227 Å². The van der Waals surface area contributed by atoms with Gasteiger partial charge in [-0.2, -0.15) is 26.3 Å². The third-order valence-corrected chi connectivity index (χ3v) is 7.31. The molecule has 1 spiro atoms. The summed E-state index contributed by atoms with van der Waals surface area (Å²) < 4.78 is 63.5. The van der Waals surface area contributed by atoms with Crippen LogP contribution in [0.3, 0.4) is 0 Å². The molecule has 1 aromatic heterocycles. The summed E-state index contributed by atoms with van der Waals surface area (Å²) >= 11 is 0. The Morgan fingerprint density at radius 1 is 0.875 bits per heavy atom. The average molecular weight is 582 g/mol. The maximum Gasteiger partial charge on any atom is 0.490 e. The fourth-order valence-corrected chi connectivity index (χ4v) is 4.96. The first-order chi connectivity index (χ1) is 18.6. The van der Waals surface area contributed by atoms with Gasteiger partial charge in [-0.25, -0.2) is 9.59 Å². The van der Waals surface area contributed by atoms with Gasteiger partial charge in [0, 0.05) is 32.3 Å². The average Bonchev–Trinajstić information content (AvgIpc) is 3.43. The SMILES string of the molecule is O=C(CC1CCC2(CC1)CCN(Cc1ccccn1)CC2)N1CC=CC1.O=C(O)C(F)(F)F.O=C(O)C(F)(F)F. The molecule has 2 aliphatic heterocycles. The van der Waals surface area contributed by atoms with Gasteiger partial charge in [0.1, 0.15) is 0 Å². The lowest BCUT2D eigenvalue weighted by Gasteiger charge is -2.46. The minimum absolute atomic E-state index is 0.362. The molecule has 40 heavy (non-hydrogen) atoms. The van der Waals surface area contributed by atoms with Crippen molar-refractivity contribution in [3.63, 3.8) is 0 Å². The van der Waals surface area contributed by atoms with Crippen LogP contribution < -0.4 is 0 Å². The molecule has 0 bridgehead atoms. The molecule has 1 aromatic rings. The number of aromatic nitrogens is 1. The maximum atomic E-state index is 12.4. The van der Waals surface area contributed by atoms with E-state index in [1.165, 1.54) is 57.3 Å². The molecule has 2 fully saturated rings. The van der Waals surface area contributed by atoms with Crippen LogP contribution in [0.1, 0.15) is 50.6 Å². The lowest BCUT2D eigenvalue weighted by Crippen LogP contribution is -2.42. The smallest absolute Gasteiger partial charge is 0.475 e. The quantitative estimate of drug-likeness (QED) is 0.384. The van der Waals surface area contributed by atoms with Crippen molar-refractivity contribution >= 4 is 17.8 Å². The van der Waals surface area contributed by atoms with Crippen molar-refractivity contribution < 1.29 is 50.9 Å². The van der Waals surface area contributed by atoms with E-state index in [4.69, 9.17) is 19.8 Å². The third kappa shape index (κ3) is 11.1. The van der Waals surface area contributed by atoms with Crippen molar-refractivity contribution in [2.75, 3.05) is 26.2 Å². The van der Waals surface area contributed by atoms with Crippen molar-refractivity contribution in [3.8, 4) is 0 Å². The van der Waals surface area contributed by atoms with Crippen LogP contribution in [0, 0.1) is 11.3 Å². The lowest BCUT2D eigenvalue weighted by molar-refractivity contribution is -0.193. The number of amides is 1. The van der Waals surface area contributed by atoms with E-state index in [2.05, 4.69) is 34.2 Å². The van der Waals surface area contributed by atoms with Crippen LogP contribution in [0.5, 0.6) is 0 Å². The highest BCUT2D eigenvalue weighted by molar-refractivity contribution is 5.77. The number of carboxylic acids is 2. The molecule has 14 heteroatoms. The minimum Gasteiger partial charge on any atom is -0.475 e. The van der Waals surface area contributed by atoms with Crippen LogP contribution in [-0.4, -0.2) is 81.4 Å². The van der Waals surface area contributed by atoms with Gasteiger partial charge < -0.3 is 15.1 Å². The molecule has 1 amide bonds. The van der Waals surface area contributed by atoms with Crippen LogP contribution in [0.4, 0.5) is 26.3 Å². The first kappa shape index (κ1) is 33.0. The Balaban J connectivity index is 0.000000333. The predicted octanol–water partition coefficient (Wildman–Crippen LogP) is 4.91. The van der Waals surface area contributed by atoms with Crippen LogP contribution in [-0.2, 0) is 20.9 Å². The molecule has 1 aliphatic carbocycles. The number of halogens is 6. The van der Waals surface area contributed by atoms with E-state index in [1.54, 1.807) is 0 Å². The zero-order valence-corrected chi connectivity index (χ0v) is 21.8. The molecule has 1 saturated carbocycles. The van der Waals surface area contributed by atoms with Gasteiger partial charge in [-0.05, 0) is 75.1 Å². The molecule has 0 radical (unpaired) electrons. The van der Waals surface area contributed by atoms with Gasteiger partial charge in [-0.15, -0.1) is 0 Å². The maximum absolute atomic E-state index is 12.4. The minimum atomic E-state index is -5.08. The molecule has 1 saturated heterocycles. The van der Waals surface area contributed by atoms with E-state index in [0.717, 1.165) is 26.1 Å². The number of nitrogens with zero attached hydrogens (tertiary/aromatic N) is 3. The molecule has 224 valence electrons. The summed E-state index contributed by atoms with van der Waals surface area (Å²) in [6.45, 7) is 5.01. The van der Waals surface area contributed by atoms with Crippen LogP contribution in [0.25, 0.3) is 0 Å². The van der Waals surface area contributed by atoms with Gasteiger partial charge in [-0.3, -0.25) is 14.7 Å². The van der Waals surface area contributed by atoms with E-state index in [1.807, 2.05) is 17.2 Å². The summed E-state index contributed by atoms with van der Waals surface area (Å²) in [5.74, 6) is -4.54. The van der Waals surface area contributed by atoms with Gasteiger partial charge in [0.05, 0.1) is 5.69 Å². The second-order valence-corrected chi connectivity index (χ2v) is 10.1. The molecule has 2 N–H and O–H groups in total. The fraction of sp³-hybridized carbons (Fsp3) is 0.615. The number of rotatable bonds is 4. The first-order valence-corrected chi connectivity index (χ1v) is 12.8. The topological polar surface area (TPSA) is 111 Å². The van der Waals surface area contributed by atoms with Crippen molar-refractivity contribution in [2.24, 2.45) is 11.3 Å². The normalized spacial score (nSPS) is 19.3. The Kier molecular flexibility index (Phi) is 12.0. The van der Waals surface area contributed by atoms with Crippen LogP contribution >= 0.6 is 0 Å². The molecule has 3 heterocycles. The molecule has 3 aliphatic rings. The second-order valence-electron chi connectivity index (χ2n) is 10.1. The zero-order valence-electron chi connectivity index (χ0n) is 21.8. The summed E-state index contributed by atoms with van der Waals surface area (Å²) in [5.41, 5.74) is 1.73. The molecule has 8 nitrogen and oxygen atoms in total. The lowest BCUT2D eigenvalue weighted by atomic mass is 9.65. The van der Waals surface area contributed by atoms with E-state index in [0.29, 0.717) is 17.2 Å². The van der Waals surface area contributed by atoms with Crippen molar-refractivity contribution in [2.45, 2.75) is 63.8 Å². The molecular weight excluding hydrogens is 548 g/mol. The van der Waals surface area contributed by atoms with E-state index >= 15 is 0 Å². The number of hydrogen-bond donors (Lipinski definition) is 2. The zero-order chi connectivity index (χ0) is 30.0. The number of likely N-dealkylation sites (tertiary alicyclic amines) is 1. The number of aliphatic carboxylic acids is 2. The number of carboxylic acid groups (broad SMARTS) is 2. The number of carbonyl (C=O) groups excluding carboxylic acids is 1. The van der Waals surface area contributed by atoms with Crippen molar-refractivity contribution in [1.82, 2.24) is 14.8 Å². The van der Waals surface area contributed by atoms with E-state index in [9.17, 15) is 31.1 Å². The van der Waals surface area contributed by atoms with Crippen LogP contribution in [0.15, 0.2) is 36.5 Å². The van der Waals surface area contributed by atoms with E-state index in [-0.39, 0.29) is 0 Å². The monoisotopic (exact) mass is 581 g/mol. The van der Waals surface area contributed by atoms with Gasteiger partial charge in [0.15, 0.2) is 0 Å². The first-order valence-electron chi connectivity index (χ1n) is 12.8. The number of pyridine rings is 1. The predicted molar refractivity (Wildman–Crippen MR) is 131 cm³/mol. The van der Waals surface area contributed by atoms with Gasteiger partial charge in [0.2, 0.25) is 5.91 Å². The van der Waals surface area contributed by atoms with E-state index < -0.39 is 24.3 Å². The number of hydrogen-bond acceptors (Lipinski definition) is 5. The third-order valence-electron chi connectivity index (χ3n) is 7.31. The summed E-state index contributed by atoms with van der Waals surface area (Å²) in [5, 5.41) is 14.2. The molecular formula is C26H33F6N3O5. The summed E-state index contributed by atoms with van der Waals surface area (Å²) in [6.07, 6.45) is 4.46.